The maximum absolute atomic E-state index is 12.4. The minimum Gasteiger partial charge on any atom is -0.493 e. The Morgan fingerprint density at radius 3 is 1.92 bits per heavy atom. The molecule has 0 atom stereocenters. The molecule has 0 heterocycles. The Labute approximate surface area is 139 Å². The Hall–Kier alpha value is -3.02. The van der Waals surface area contributed by atoms with Gasteiger partial charge in [0.05, 0.1) is 32.5 Å². The van der Waals surface area contributed by atoms with E-state index >= 15 is 0 Å². The van der Waals surface area contributed by atoms with E-state index < -0.39 is 5.97 Å². The lowest BCUT2D eigenvalue weighted by atomic mass is 10.1. The van der Waals surface area contributed by atoms with Crippen LogP contribution in [0.15, 0.2) is 36.4 Å². The number of ketones is 1. The van der Waals surface area contributed by atoms with Crippen molar-refractivity contribution in [3.8, 4) is 23.0 Å². The van der Waals surface area contributed by atoms with Gasteiger partial charge in [-0.3, -0.25) is 4.79 Å². The Morgan fingerprint density at radius 2 is 1.42 bits per heavy atom. The fraction of sp³-hybridized carbons (Fsp3) is 0.222. The average molecular weight is 330 g/mol. The maximum Gasteiger partial charge on any atom is 0.343 e. The van der Waals surface area contributed by atoms with E-state index in [1.807, 2.05) is 0 Å². The molecule has 0 aliphatic rings. The highest BCUT2D eigenvalue weighted by molar-refractivity contribution is 5.99. The lowest BCUT2D eigenvalue weighted by molar-refractivity contribution is 0.0732. The van der Waals surface area contributed by atoms with E-state index in [9.17, 15) is 9.59 Å². The number of Topliss-reactive ketones (excluding diaryl/α,β-unsaturated/α-hetero) is 1. The molecule has 0 aliphatic heterocycles. The largest absolute Gasteiger partial charge is 0.493 e. The summed E-state index contributed by atoms with van der Waals surface area (Å²) < 4.78 is 21.0. The number of methoxy groups -OCH3 is 3. The monoisotopic (exact) mass is 330 g/mol. The van der Waals surface area contributed by atoms with E-state index in [2.05, 4.69) is 0 Å². The molecule has 0 spiro atoms. The smallest absolute Gasteiger partial charge is 0.343 e. The van der Waals surface area contributed by atoms with Crippen molar-refractivity contribution in [1.82, 2.24) is 0 Å². The van der Waals surface area contributed by atoms with Crippen LogP contribution in [0.2, 0.25) is 0 Å². The Kier molecular flexibility index (Phi) is 5.42. The molecule has 0 aliphatic carbocycles. The second-order valence-corrected chi connectivity index (χ2v) is 4.86. The van der Waals surface area contributed by atoms with Crippen molar-refractivity contribution < 1.29 is 28.5 Å². The van der Waals surface area contributed by atoms with Crippen LogP contribution >= 0.6 is 0 Å². The highest BCUT2D eigenvalue weighted by Gasteiger charge is 2.19. The van der Waals surface area contributed by atoms with Crippen LogP contribution in [0, 0.1) is 0 Å². The highest BCUT2D eigenvalue weighted by Crippen LogP contribution is 2.38. The van der Waals surface area contributed by atoms with Crippen LogP contribution in [-0.2, 0) is 0 Å². The molecule has 0 amide bonds. The number of carbonyl (C=O) groups is 2. The topological polar surface area (TPSA) is 71.1 Å². The summed E-state index contributed by atoms with van der Waals surface area (Å²) in [5, 5.41) is 0. The molecule has 0 aromatic heterocycles. The van der Waals surface area contributed by atoms with Crippen LogP contribution in [0.3, 0.4) is 0 Å². The molecule has 2 aromatic carbocycles. The SMILES string of the molecule is COc1cc(C(=O)Oc2ccccc2C(C)=O)cc(OC)c1OC. The molecule has 6 nitrogen and oxygen atoms in total. The van der Waals surface area contributed by atoms with Crippen molar-refractivity contribution in [3.63, 3.8) is 0 Å². The molecular formula is C18H18O6. The van der Waals surface area contributed by atoms with Crippen molar-refractivity contribution in [2.45, 2.75) is 6.92 Å². The Morgan fingerprint density at radius 1 is 0.833 bits per heavy atom. The predicted molar refractivity (Wildman–Crippen MR) is 87.5 cm³/mol. The Bertz CT molecular complexity index is 741. The number of ether oxygens (including phenoxy) is 4. The summed E-state index contributed by atoms with van der Waals surface area (Å²) in [4.78, 5) is 24.1. The van der Waals surface area contributed by atoms with Gasteiger partial charge in [-0.15, -0.1) is 0 Å². The molecule has 2 aromatic rings. The number of esters is 1. The van der Waals surface area contributed by atoms with Gasteiger partial charge < -0.3 is 18.9 Å². The fourth-order valence-electron chi connectivity index (χ4n) is 2.20. The minimum absolute atomic E-state index is 0.191. The molecule has 0 saturated carbocycles. The first kappa shape index (κ1) is 17.3. The molecule has 0 N–H and O–H groups in total. The number of carbonyl (C=O) groups excluding carboxylic acids is 2. The van der Waals surface area contributed by atoms with E-state index in [0.29, 0.717) is 22.8 Å². The summed E-state index contributed by atoms with van der Waals surface area (Å²) in [5.41, 5.74) is 0.543. The predicted octanol–water partition coefficient (Wildman–Crippen LogP) is 3.13. The molecule has 0 bridgehead atoms. The van der Waals surface area contributed by atoms with Crippen LogP contribution in [0.25, 0.3) is 0 Å². The summed E-state index contributed by atoms with van der Waals surface area (Å²) in [7, 11) is 4.39. The maximum atomic E-state index is 12.4. The van der Waals surface area contributed by atoms with Crippen LogP contribution in [0.1, 0.15) is 27.6 Å². The molecule has 2 rings (SSSR count). The number of benzene rings is 2. The molecule has 0 unspecified atom stereocenters. The summed E-state index contributed by atoms with van der Waals surface area (Å²) in [6.45, 7) is 1.41. The second-order valence-electron chi connectivity index (χ2n) is 4.86. The van der Waals surface area contributed by atoms with Crippen LogP contribution in [-0.4, -0.2) is 33.1 Å². The van der Waals surface area contributed by atoms with Crippen molar-refractivity contribution in [2.24, 2.45) is 0 Å². The van der Waals surface area contributed by atoms with Gasteiger partial charge in [-0.1, -0.05) is 12.1 Å². The zero-order chi connectivity index (χ0) is 17.7. The van der Waals surface area contributed by atoms with E-state index in [1.54, 1.807) is 24.3 Å². The third-order valence-electron chi connectivity index (χ3n) is 3.37. The van der Waals surface area contributed by atoms with E-state index in [1.165, 1.54) is 40.4 Å². The Balaban J connectivity index is 2.39. The lowest BCUT2D eigenvalue weighted by Gasteiger charge is -2.14. The first-order valence-corrected chi connectivity index (χ1v) is 7.14. The van der Waals surface area contributed by atoms with Gasteiger partial charge in [0.15, 0.2) is 17.3 Å². The third kappa shape index (κ3) is 3.48. The molecule has 0 saturated heterocycles. The van der Waals surface area contributed by atoms with Crippen molar-refractivity contribution >= 4 is 11.8 Å². The van der Waals surface area contributed by atoms with Crippen molar-refractivity contribution in [3.05, 3.63) is 47.5 Å². The zero-order valence-corrected chi connectivity index (χ0v) is 13.9. The summed E-state index contributed by atoms with van der Waals surface area (Å²) in [5.74, 6) is 0.419. The van der Waals surface area contributed by atoms with Crippen molar-refractivity contribution in [2.75, 3.05) is 21.3 Å². The van der Waals surface area contributed by atoms with Gasteiger partial charge >= 0.3 is 5.97 Å². The van der Waals surface area contributed by atoms with Crippen LogP contribution in [0.5, 0.6) is 23.0 Å². The quantitative estimate of drug-likeness (QED) is 0.460. The standard InChI is InChI=1S/C18H18O6/c1-11(19)13-7-5-6-8-14(13)24-18(20)12-9-15(21-2)17(23-4)16(10-12)22-3/h5-10H,1-4H3. The third-order valence-corrected chi connectivity index (χ3v) is 3.37. The van der Waals surface area contributed by atoms with Gasteiger partial charge in [0, 0.05) is 0 Å². The van der Waals surface area contributed by atoms with Crippen LogP contribution in [0.4, 0.5) is 0 Å². The van der Waals surface area contributed by atoms with Gasteiger partial charge in [0.1, 0.15) is 5.75 Å². The van der Waals surface area contributed by atoms with E-state index in [-0.39, 0.29) is 17.1 Å². The number of rotatable bonds is 6. The lowest BCUT2D eigenvalue weighted by Crippen LogP contribution is -2.11. The molecule has 126 valence electrons. The average Bonchev–Trinajstić information content (AvgIpc) is 2.60. The second kappa shape index (κ2) is 7.50. The fourth-order valence-corrected chi connectivity index (χ4v) is 2.20. The number of hydrogen-bond donors (Lipinski definition) is 0. The van der Waals surface area contributed by atoms with Gasteiger partial charge in [-0.2, -0.15) is 0 Å². The van der Waals surface area contributed by atoms with E-state index in [4.69, 9.17) is 18.9 Å². The number of para-hydroxylation sites is 1. The summed E-state index contributed by atoms with van der Waals surface area (Å²) >= 11 is 0. The molecule has 0 radical (unpaired) electrons. The molecule has 0 fully saturated rings. The first-order chi connectivity index (χ1) is 11.5. The van der Waals surface area contributed by atoms with Gasteiger partial charge in [-0.25, -0.2) is 4.79 Å². The molecule has 6 heteroatoms. The van der Waals surface area contributed by atoms with Crippen LogP contribution < -0.4 is 18.9 Å². The first-order valence-electron chi connectivity index (χ1n) is 7.14. The highest BCUT2D eigenvalue weighted by atomic mass is 16.5. The van der Waals surface area contributed by atoms with Crippen molar-refractivity contribution in [1.29, 1.82) is 0 Å². The summed E-state index contributed by atoms with van der Waals surface area (Å²) in [6.07, 6.45) is 0. The normalized spacial score (nSPS) is 10.0. The van der Waals surface area contributed by atoms with Gasteiger partial charge in [0.25, 0.3) is 0 Å². The number of hydrogen-bond acceptors (Lipinski definition) is 6. The summed E-state index contributed by atoms with van der Waals surface area (Å²) in [6, 6.07) is 9.52. The van der Waals surface area contributed by atoms with Gasteiger partial charge in [-0.05, 0) is 31.2 Å². The molecular weight excluding hydrogens is 312 g/mol. The van der Waals surface area contributed by atoms with Gasteiger partial charge in [0.2, 0.25) is 5.75 Å². The molecule has 24 heavy (non-hydrogen) atoms. The van der Waals surface area contributed by atoms with E-state index in [0.717, 1.165) is 0 Å². The zero-order valence-electron chi connectivity index (χ0n) is 13.9. The minimum atomic E-state index is -0.636.